The molecule has 0 saturated carbocycles. The number of nitrogens with zero attached hydrogens (tertiary/aromatic N) is 1. The van der Waals surface area contributed by atoms with E-state index in [1.165, 1.54) is 25.8 Å². The van der Waals surface area contributed by atoms with Crippen molar-refractivity contribution in [1.29, 1.82) is 0 Å². The van der Waals surface area contributed by atoms with E-state index in [2.05, 4.69) is 17.1 Å². The van der Waals surface area contributed by atoms with Crippen LogP contribution in [0, 0.1) is 0 Å². The largest absolute Gasteiger partial charge is 0.451 e. The van der Waals surface area contributed by atoms with E-state index in [1.54, 1.807) is 0 Å². The zero-order valence-corrected chi connectivity index (χ0v) is 15.9. The molecule has 1 aliphatic heterocycles. The van der Waals surface area contributed by atoms with Crippen LogP contribution in [-0.2, 0) is 11.3 Å². The normalized spacial score (nSPS) is 18.3. The first-order valence-corrected chi connectivity index (χ1v) is 9.81. The van der Waals surface area contributed by atoms with Crippen LogP contribution in [0.15, 0.2) is 28.7 Å². The zero-order chi connectivity index (χ0) is 18.4. The summed E-state index contributed by atoms with van der Waals surface area (Å²) in [7, 11) is 0. The van der Waals surface area contributed by atoms with Gasteiger partial charge >= 0.3 is 0 Å². The minimum atomic E-state index is -0.150. The minimum absolute atomic E-state index is 0.150. The molecule has 1 aliphatic rings. The number of furan rings is 1. The van der Waals surface area contributed by atoms with Crippen LogP contribution in [0.4, 0.5) is 0 Å². The molecule has 2 aromatic rings. The number of carbonyl (C=O) groups is 1. The lowest BCUT2D eigenvalue weighted by atomic mass is 10.0. The third kappa shape index (κ3) is 4.46. The average molecular weight is 358 g/mol. The maximum atomic E-state index is 12.6. The number of fused-ring (bicyclic) bond motifs is 1. The predicted molar refractivity (Wildman–Crippen MR) is 103 cm³/mol. The van der Waals surface area contributed by atoms with Crippen LogP contribution >= 0.6 is 0 Å². The molecule has 1 amide bonds. The SMILES string of the molecule is CCOCc1c(C(=O)NCCCN2CCCC[C@H]2C)oc2ccccc12. The Labute approximate surface area is 155 Å². The standard InChI is InChI=1S/C21H30N2O3/c1-3-25-15-18-17-10-4-5-11-19(17)26-20(18)21(24)22-12-8-14-23-13-7-6-9-16(23)2/h4-5,10-11,16H,3,6-9,12-15H2,1-2H3,(H,22,24)/t16-/m1/s1. The number of nitrogens with one attached hydrogen (secondary N) is 1. The summed E-state index contributed by atoms with van der Waals surface area (Å²) in [4.78, 5) is 15.2. The summed E-state index contributed by atoms with van der Waals surface area (Å²) < 4.78 is 11.4. The van der Waals surface area contributed by atoms with Crippen molar-refractivity contribution in [2.24, 2.45) is 0 Å². The maximum Gasteiger partial charge on any atom is 0.287 e. The van der Waals surface area contributed by atoms with Crippen molar-refractivity contribution >= 4 is 16.9 Å². The molecule has 0 radical (unpaired) electrons. The van der Waals surface area contributed by atoms with E-state index < -0.39 is 0 Å². The van der Waals surface area contributed by atoms with Gasteiger partial charge in [0.15, 0.2) is 5.76 Å². The second-order valence-electron chi connectivity index (χ2n) is 7.03. The number of para-hydroxylation sites is 1. The Morgan fingerprint density at radius 3 is 3.00 bits per heavy atom. The molecule has 0 bridgehead atoms. The van der Waals surface area contributed by atoms with Gasteiger partial charge in [-0.1, -0.05) is 24.6 Å². The molecular formula is C21H30N2O3. The Kier molecular flexibility index (Phi) is 6.69. The quantitative estimate of drug-likeness (QED) is 0.726. The van der Waals surface area contributed by atoms with Gasteiger partial charge in [-0.15, -0.1) is 0 Å². The highest BCUT2D eigenvalue weighted by molar-refractivity contribution is 5.99. The number of piperidine rings is 1. The number of benzene rings is 1. The molecule has 3 rings (SSSR count). The molecule has 1 saturated heterocycles. The monoisotopic (exact) mass is 358 g/mol. The molecular weight excluding hydrogens is 328 g/mol. The minimum Gasteiger partial charge on any atom is -0.451 e. The Morgan fingerprint density at radius 2 is 2.19 bits per heavy atom. The molecule has 5 nitrogen and oxygen atoms in total. The van der Waals surface area contributed by atoms with Crippen LogP contribution in [0.3, 0.4) is 0 Å². The van der Waals surface area contributed by atoms with Crippen molar-refractivity contribution in [1.82, 2.24) is 10.2 Å². The van der Waals surface area contributed by atoms with Gasteiger partial charge in [0.05, 0.1) is 6.61 Å². The lowest BCUT2D eigenvalue weighted by Crippen LogP contribution is -2.39. The van der Waals surface area contributed by atoms with Crippen molar-refractivity contribution in [2.75, 3.05) is 26.2 Å². The summed E-state index contributed by atoms with van der Waals surface area (Å²) in [6, 6.07) is 8.39. The Morgan fingerprint density at radius 1 is 1.35 bits per heavy atom. The van der Waals surface area contributed by atoms with E-state index in [4.69, 9.17) is 9.15 Å². The van der Waals surface area contributed by atoms with Crippen molar-refractivity contribution in [2.45, 2.75) is 52.2 Å². The predicted octanol–water partition coefficient (Wildman–Crippen LogP) is 3.96. The van der Waals surface area contributed by atoms with Gasteiger partial charge in [-0.25, -0.2) is 0 Å². The van der Waals surface area contributed by atoms with E-state index in [9.17, 15) is 4.79 Å². The van der Waals surface area contributed by atoms with Crippen molar-refractivity contribution < 1.29 is 13.9 Å². The van der Waals surface area contributed by atoms with Gasteiger partial charge < -0.3 is 19.4 Å². The van der Waals surface area contributed by atoms with E-state index in [-0.39, 0.29) is 5.91 Å². The maximum absolute atomic E-state index is 12.6. The summed E-state index contributed by atoms with van der Waals surface area (Å²) >= 11 is 0. The highest BCUT2D eigenvalue weighted by atomic mass is 16.5. The van der Waals surface area contributed by atoms with Crippen LogP contribution in [0.1, 0.15) is 55.6 Å². The summed E-state index contributed by atoms with van der Waals surface area (Å²) in [6.07, 6.45) is 4.86. The number of rotatable bonds is 8. The summed E-state index contributed by atoms with van der Waals surface area (Å²) in [5.74, 6) is 0.230. The van der Waals surface area contributed by atoms with Crippen molar-refractivity contribution in [3.05, 3.63) is 35.6 Å². The third-order valence-electron chi connectivity index (χ3n) is 5.20. The van der Waals surface area contributed by atoms with Crippen LogP contribution < -0.4 is 5.32 Å². The lowest BCUT2D eigenvalue weighted by Gasteiger charge is -2.33. The number of hydrogen-bond acceptors (Lipinski definition) is 4. The number of amides is 1. The van der Waals surface area contributed by atoms with Crippen molar-refractivity contribution in [3.63, 3.8) is 0 Å². The summed E-state index contributed by atoms with van der Waals surface area (Å²) in [6.45, 7) is 8.11. The molecule has 1 aromatic heterocycles. The average Bonchev–Trinajstić information content (AvgIpc) is 3.03. The summed E-state index contributed by atoms with van der Waals surface area (Å²) in [5, 5.41) is 3.97. The number of hydrogen-bond donors (Lipinski definition) is 1. The first kappa shape index (κ1) is 18.9. The molecule has 0 spiro atoms. The zero-order valence-electron chi connectivity index (χ0n) is 15.9. The fourth-order valence-corrected chi connectivity index (χ4v) is 3.68. The van der Waals surface area contributed by atoms with Crippen LogP contribution in [-0.4, -0.2) is 43.1 Å². The van der Waals surface area contributed by atoms with Crippen LogP contribution in [0.2, 0.25) is 0 Å². The van der Waals surface area contributed by atoms with Crippen LogP contribution in [0.25, 0.3) is 11.0 Å². The molecule has 142 valence electrons. The molecule has 2 heterocycles. The number of carbonyl (C=O) groups excluding carboxylic acids is 1. The van der Waals surface area contributed by atoms with E-state index in [1.807, 2.05) is 31.2 Å². The highest BCUT2D eigenvalue weighted by Gasteiger charge is 2.21. The van der Waals surface area contributed by atoms with E-state index in [0.717, 1.165) is 29.5 Å². The fraction of sp³-hybridized carbons (Fsp3) is 0.571. The Balaban J connectivity index is 1.58. The number of likely N-dealkylation sites (tertiary alicyclic amines) is 1. The third-order valence-corrected chi connectivity index (χ3v) is 5.20. The second kappa shape index (κ2) is 9.19. The molecule has 0 unspecified atom stereocenters. The molecule has 1 N–H and O–H groups in total. The Bertz CT molecular complexity index is 725. The highest BCUT2D eigenvalue weighted by Crippen LogP contribution is 2.26. The molecule has 1 aromatic carbocycles. The smallest absolute Gasteiger partial charge is 0.287 e. The van der Waals surface area contributed by atoms with Gasteiger partial charge in [-0.2, -0.15) is 0 Å². The van der Waals surface area contributed by atoms with Gasteiger partial charge in [0.25, 0.3) is 5.91 Å². The molecule has 5 heteroatoms. The lowest BCUT2D eigenvalue weighted by molar-refractivity contribution is 0.0910. The fourth-order valence-electron chi connectivity index (χ4n) is 3.68. The molecule has 1 fully saturated rings. The van der Waals surface area contributed by atoms with Gasteiger partial charge in [0, 0.05) is 36.7 Å². The van der Waals surface area contributed by atoms with Gasteiger partial charge in [0.1, 0.15) is 5.58 Å². The first-order chi connectivity index (χ1) is 12.7. The molecule has 26 heavy (non-hydrogen) atoms. The van der Waals surface area contributed by atoms with Gasteiger partial charge in [0.2, 0.25) is 0 Å². The first-order valence-electron chi connectivity index (χ1n) is 9.81. The Hall–Kier alpha value is -1.85. The van der Waals surface area contributed by atoms with E-state index >= 15 is 0 Å². The topological polar surface area (TPSA) is 54.7 Å². The van der Waals surface area contributed by atoms with Gasteiger partial charge in [-0.05, 0) is 45.7 Å². The van der Waals surface area contributed by atoms with Crippen molar-refractivity contribution in [3.8, 4) is 0 Å². The number of ether oxygens (including phenoxy) is 1. The van der Waals surface area contributed by atoms with Gasteiger partial charge in [-0.3, -0.25) is 4.79 Å². The van der Waals surface area contributed by atoms with Crippen LogP contribution in [0.5, 0.6) is 0 Å². The van der Waals surface area contributed by atoms with E-state index in [0.29, 0.717) is 31.6 Å². The molecule has 1 atom stereocenters. The summed E-state index contributed by atoms with van der Waals surface area (Å²) in [5.41, 5.74) is 1.57. The molecule has 0 aliphatic carbocycles. The second-order valence-corrected chi connectivity index (χ2v) is 7.03.